The fraction of sp³-hybridized carbons (Fsp3) is 0.318. The van der Waals surface area contributed by atoms with Gasteiger partial charge >= 0.3 is 11.9 Å². The van der Waals surface area contributed by atoms with Gasteiger partial charge in [-0.1, -0.05) is 89.4 Å². The van der Waals surface area contributed by atoms with E-state index in [4.69, 9.17) is 28.4 Å². The van der Waals surface area contributed by atoms with Crippen LogP contribution in [0, 0.1) is 0 Å². The van der Waals surface area contributed by atoms with Gasteiger partial charge in [-0.25, -0.2) is 9.59 Å². The molecule has 0 saturated heterocycles. The number of ether oxygens (including phenoxy) is 6. The van der Waals surface area contributed by atoms with E-state index in [2.05, 4.69) is 40.9 Å². The van der Waals surface area contributed by atoms with E-state index in [0.717, 1.165) is 34.4 Å². The van der Waals surface area contributed by atoms with Gasteiger partial charge in [0.05, 0.1) is 0 Å². The summed E-state index contributed by atoms with van der Waals surface area (Å²) in [5.74, 6) is 1.03. The van der Waals surface area contributed by atoms with Crippen LogP contribution in [0.2, 0.25) is 0 Å². The second kappa shape index (κ2) is 19.6. The number of hydrogen-bond acceptors (Lipinski definition) is 11. The van der Waals surface area contributed by atoms with Crippen molar-refractivity contribution >= 4 is 11.9 Å². The van der Waals surface area contributed by atoms with E-state index in [1.54, 1.807) is 12.1 Å². The highest BCUT2D eigenvalue weighted by atomic mass is 16.6. The maximum atomic E-state index is 11.2. The van der Waals surface area contributed by atoms with Crippen LogP contribution in [0.15, 0.2) is 122 Å². The lowest BCUT2D eigenvalue weighted by molar-refractivity contribution is -0.142. The number of hydrogen-bond donors (Lipinski definition) is 3. The van der Waals surface area contributed by atoms with Crippen molar-refractivity contribution in [1.29, 1.82) is 0 Å². The van der Waals surface area contributed by atoms with Gasteiger partial charge in [0.15, 0.2) is 6.61 Å². The molecule has 3 atom stereocenters. The molecule has 4 rings (SSSR count). The van der Waals surface area contributed by atoms with Gasteiger partial charge < -0.3 is 43.7 Å². The maximum Gasteiger partial charge on any atom is 0.330 e. The van der Waals surface area contributed by atoms with Crippen molar-refractivity contribution in [3.63, 3.8) is 0 Å². The quantitative estimate of drug-likeness (QED) is 0.0518. The van der Waals surface area contributed by atoms with Crippen molar-refractivity contribution < 1.29 is 53.3 Å². The second-order valence-corrected chi connectivity index (χ2v) is 13.8. The summed E-state index contributed by atoms with van der Waals surface area (Å²) in [5, 5.41) is 30.5. The van der Waals surface area contributed by atoms with Gasteiger partial charge in [-0.15, -0.1) is 0 Å². The Bertz CT molecular complexity index is 1830. The van der Waals surface area contributed by atoms with Crippen LogP contribution >= 0.6 is 0 Å². The Balaban J connectivity index is 1.23. The third-order valence-corrected chi connectivity index (χ3v) is 9.02. The Kier molecular flexibility index (Phi) is 15.0. The molecule has 292 valence electrons. The van der Waals surface area contributed by atoms with E-state index in [-0.39, 0.29) is 43.9 Å². The largest absolute Gasteiger partial charge is 0.491 e. The van der Waals surface area contributed by atoms with Crippen LogP contribution in [0.3, 0.4) is 0 Å². The molecule has 0 aromatic heterocycles. The lowest BCUT2D eigenvalue weighted by atomic mass is 9.78. The third kappa shape index (κ3) is 12.5. The Morgan fingerprint density at radius 3 is 1.11 bits per heavy atom. The first-order valence-corrected chi connectivity index (χ1v) is 17.8. The predicted octanol–water partition coefficient (Wildman–Crippen LogP) is 6.05. The van der Waals surface area contributed by atoms with Crippen molar-refractivity contribution in [2.24, 2.45) is 0 Å². The van der Waals surface area contributed by atoms with Gasteiger partial charge in [0.2, 0.25) is 6.29 Å². The molecule has 0 saturated carbocycles. The van der Waals surface area contributed by atoms with Gasteiger partial charge in [-0.05, 0) is 70.8 Å². The molecule has 11 heteroatoms. The summed E-state index contributed by atoms with van der Waals surface area (Å²) in [6.07, 6.45) is -1.05. The highest BCUT2D eigenvalue weighted by molar-refractivity contribution is 5.81. The minimum absolute atomic E-state index is 0.0246. The highest BCUT2D eigenvalue weighted by Gasteiger charge is 2.25. The molecule has 0 aliphatic rings. The molecule has 3 N–H and O–H groups in total. The molecule has 0 radical (unpaired) electrons. The molecule has 4 aromatic carbocycles. The first kappa shape index (κ1) is 42.1. The Labute approximate surface area is 322 Å². The van der Waals surface area contributed by atoms with Crippen LogP contribution in [-0.2, 0) is 29.9 Å². The van der Waals surface area contributed by atoms with Crippen molar-refractivity contribution in [1.82, 2.24) is 0 Å². The predicted molar refractivity (Wildman–Crippen MR) is 207 cm³/mol. The lowest BCUT2D eigenvalue weighted by Gasteiger charge is -2.27. The van der Waals surface area contributed by atoms with Crippen LogP contribution in [0.25, 0.3) is 0 Å². The summed E-state index contributed by atoms with van der Waals surface area (Å²) in [5.41, 5.74) is 3.48. The van der Waals surface area contributed by atoms with Crippen LogP contribution in [0.1, 0.15) is 49.9 Å². The first-order chi connectivity index (χ1) is 26.2. The molecule has 55 heavy (non-hydrogen) atoms. The Morgan fingerprint density at radius 2 is 0.800 bits per heavy atom. The summed E-state index contributed by atoms with van der Waals surface area (Å²) in [6.45, 7) is 14.6. The second-order valence-electron chi connectivity index (χ2n) is 13.8. The number of esters is 2. The lowest BCUT2D eigenvalue weighted by Crippen LogP contribution is -2.25. The standard InChI is InChI=1S/C44H50O11/c1-7-40(47)53-27-34(45)25-50-36-17-9-30(10-18-36)43(3,4)32-13-21-38(22-14-32)52-29-42(49)55-39-23-15-33(16-24-39)44(5,6)31-11-19-37(20-12-31)51-26-35(46)28-54-41(48)8-2/h7-24,34-35,42,45-46,49H,1-2,25-29H2,3-6H3. The molecule has 0 bridgehead atoms. The van der Waals surface area contributed by atoms with Gasteiger partial charge in [-0.2, -0.15) is 0 Å². The van der Waals surface area contributed by atoms with Crippen molar-refractivity contribution in [2.45, 2.75) is 57.0 Å². The van der Waals surface area contributed by atoms with E-state index in [0.29, 0.717) is 23.0 Å². The average molecular weight is 755 g/mol. The molecule has 0 aliphatic heterocycles. The topological polar surface area (TPSA) is 150 Å². The summed E-state index contributed by atoms with van der Waals surface area (Å²) < 4.78 is 32.5. The molecule has 11 nitrogen and oxygen atoms in total. The third-order valence-electron chi connectivity index (χ3n) is 9.02. The molecule has 0 aliphatic carbocycles. The van der Waals surface area contributed by atoms with Gasteiger partial charge in [-0.3, -0.25) is 0 Å². The minimum Gasteiger partial charge on any atom is -0.491 e. The molecule has 0 fully saturated rings. The SMILES string of the molecule is C=CC(=O)OCC(O)COc1ccc(C(C)(C)c2ccc(OCC(O)Oc3ccc(C(C)(C)c4ccc(OCC(O)COC(=O)C=C)cc4)cc3)cc2)cc1. The van der Waals surface area contributed by atoms with Gasteiger partial charge in [0, 0.05) is 23.0 Å². The fourth-order valence-corrected chi connectivity index (χ4v) is 5.50. The molecule has 0 heterocycles. The molecule has 4 aromatic rings. The van der Waals surface area contributed by atoms with Gasteiger partial charge in [0.25, 0.3) is 0 Å². The van der Waals surface area contributed by atoms with Crippen LogP contribution in [-0.4, -0.2) is 78.8 Å². The van der Waals surface area contributed by atoms with Crippen LogP contribution in [0.5, 0.6) is 23.0 Å². The number of aliphatic hydroxyl groups is 3. The summed E-state index contributed by atoms with van der Waals surface area (Å²) in [6, 6.07) is 30.3. The molecule has 0 amide bonds. The van der Waals surface area contributed by atoms with E-state index in [1.807, 2.05) is 84.9 Å². The van der Waals surface area contributed by atoms with E-state index < -0.39 is 30.4 Å². The van der Waals surface area contributed by atoms with Crippen molar-refractivity contribution in [2.75, 3.05) is 33.0 Å². The molecule has 3 unspecified atom stereocenters. The van der Waals surface area contributed by atoms with E-state index in [1.165, 1.54) is 0 Å². The number of carbonyl (C=O) groups is 2. The summed E-state index contributed by atoms with van der Waals surface area (Å²) >= 11 is 0. The zero-order valence-corrected chi connectivity index (χ0v) is 31.7. The highest BCUT2D eigenvalue weighted by Crippen LogP contribution is 2.35. The number of benzene rings is 4. The zero-order valence-electron chi connectivity index (χ0n) is 31.7. The minimum atomic E-state index is -1.20. The normalized spacial score (nSPS) is 13.1. The molecular weight excluding hydrogens is 704 g/mol. The number of rotatable bonds is 21. The number of carbonyl (C=O) groups excluding carboxylic acids is 2. The zero-order chi connectivity index (χ0) is 40.0. The number of aliphatic hydroxyl groups excluding tert-OH is 3. The van der Waals surface area contributed by atoms with Crippen LogP contribution in [0.4, 0.5) is 0 Å². The van der Waals surface area contributed by atoms with Crippen LogP contribution < -0.4 is 18.9 Å². The monoisotopic (exact) mass is 754 g/mol. The Hall–Kier alpha value is -5.62. The van der Waals surface area contributed by atoms with E-state index in [9.17, 15) is 24.9 Å². The summed E-state index contributed by atoms with van der Waals surface area (Å²) in [4.78, 5) is 22.3. The Morgan fingerprint density at radius 1 is 0.509 bits per heavy atom. The smallest absolute Gasteiger partial charge is 0.330 e. The van der Waals surface area contributed by atoms with E-state index >= 15 is 0 Å². The first-order valence-electron chi connectivity index (χ1n) is 17.8. The average Bonchev–Trinajstić information content (AvgIpc) is 3.20. The molecule has 0 spiro atoms. The van der Waals surface area contributed by atoms with Crippen molar-refractivity contribution in [3.8, 4) is 23.0 Å². The fourth-order valence-electron chi connectivity index (χ4n) is 5.50. The molecular formula is C44H50O11. The maximum absolute atomic E-state index is 11.2. The van der Waals surface area contributed by atoms with Crippen molar-refractivity contribution in [3.05, 3.63) is 145 Å². The summed E-state index contributed by atoms with van der Waals surface area (Å²) in [7, 11) is 0. The van der Waals surface area contributed by atoms with Gasteiger partial charge in [0.1, 0.15) is 61.6 Å².